The highest BCUT2D eigenvalue weighted by Crippen LogP contribution is 2.37. The molecule has 0 aromatic rings. The van der Waals surface area contributed by atoms with Gasteiger partial charge in [0.05, 0.1) is 5.92 Å². The second kappa shape index (κ2) is 6.05. The number of nitrogens with two attached hydrogens (primary N) is 1. The third-order valence-electron chi connectivity index (χ3n) is 5.69. The van der Waals surface area contributed by atoms with Crippen LogP contribution in [0.25, 0.3) is 0 Å². The monoisotopic (exact) mass is 280 g/mol. The maximum Gasteiger partial charge on any atom is 0.227 e. The van der Waals surface area contributed by atoms with Gasteiger partial charge in [-0.3, -0.25) is 4.79 Å². The molecule has 0 radical (unpaired) electrons. The molecule has 0 heterocycles. The smallest absolute Gasteiger partial charge is 0.227 e. The Hall–Kier alpha value is -0.570. The molecule has 2 aliphatic rings. The van der Waals surface area contributed by atoms with Crippen LogP contribution in [0.15, 0.2) is 0 Å². The molecule has 2 fully saturated rings. The van der Waals surface area contributed by atoms with Crippen molar-refractivity contribution >= 4 is 5.91 Å². The summed E-state index contributed by atoms with van der Waals surface area (Å²) in [6.45, 7) is 6.92. The van der Waals surface area contributed by atoms with Gasteiger partial charge >= 0.3 is 0 Å². The summed E-state index contributed by atoms with van der Waals surface area (Å²) >= 11 is 0. The van der Waals surface area contributed by atoms with E-state index in [-0.39, 0.29) is 12.0 Å². The van der Waals surface area contributed by atoms with Crippen molar-refractivity contribution in [2.75, 3.05) is 7.05 Å². The first-order valence-electron chi connectivity index (χ1n) is 8.32. The fourth-order valence-corrected chi connectivity index (χ4v) is 3.90. The lowest BCUT2D eigenvalue weighted by Gasteiger charge is -2.41. The lowest BCUT2D eigenvalue weighted by molar-refractivity contribution is -0.139. The van der Waals surface area contributed by atoms with E-state index in [1.165, 1.54) is 19.3 Å². The van der Waals surface area contributed by atoms with Crippen molar-refractivity contribution in [1.82, 2.24) is 4.90 Å². The Balaban J connectivity index is 1.94. The normalized spacial score (nSPS) is 34.8. The van der Waals surface area contributed by atoms with Crippen molar-refractivity contribution in [2.45, 2.75) is 77.8 Å². The highest BCUT2D eigenvalue weighted by Gasteiger charge is 2.37. The number of nitrogens with zero attached hydrogens (tertiary/aromatic N) is 1. The summed E-state index contributed by atoms with van der Waals surface area (Å²) in [5.41, 5.74) is 6.66. The number of hydrogen-bond donors (Lipinski definition) is 1. The third kappa shape index (κ3) is 3.55. The zero-order chi connectivity index (χ0) is 14.9. The fourth-order valence-electron chi connectivity index (χ4n) is 3.90. The fraction of sp³-hybridized carbons (Fsp3) is 0.941. The summed E-state index contributed by atoms with van der Waals surface area (Å²) in [6.07, 6.45) is 7.89. The molecule has 2 rings (SSSR count). The molecule has 2 aliphatic carbocycles. The summed E-state index contributed by atoms with van der Waals surface area (Å²) in [4.78, 5) is 14.8. The minimum absolute atomic E-state index is 0.0543. The SMILES string of the molecule is CC1CCC(N)C(C(=O)N(C)C2CCC(C)(C)CC2)C1. The van der Waals surface area contributed by atoms with Crippen molar-refractivity contribution in [3.63, 3.8) is 0 Å². The molecular weight excluding hydrogens is 248 g/mol. The zero-order valence-electron chi connectivity index (χ0n) is 13.7. The van der Waals surface area contributed by atoms with E-state index >= 15 is 0 Å². The second-order valence-electron chi connectivity index (χ2n) is 8.03. The molecule has 2 saturated carbocycles. The molecule has 0 aromatic heterocycles. The van der Waals surface area contributed by atoms with Gasteiger partial charge in [0, 0.05) is 19.1 Å². The maximum absolute atomic E-state index is 12.8. The Morgan fingerprint density at radius 2 is 1.75 bits per heavy atom. The average molecular weight is 280 g/mol. The molecule has 3 unspecified atom stereocenters. The Bertz CT molecular complexity index is 343. The van der Waals surface area contributed by atoms with Crippen LogP contribution in [0, 0.1) is 17.3 Å². The summed E-state index contributed by atoms with van der Waals surface area (Å²) in [7, 11) is 2.00. The lowest BCUT2D eigenvalue weighted by Crippen LogP contribution is -2.49. The Labute approximate surface area is 124 Å². The van der Waals surface area contributed by atoms with Crippen LogP contribution in [0.3, 0.4) is 0 Å². The van der Waals surface area contributed by atoms with Crippen molar-refractivity contribution in [3.05, 3.63) is 0 Å². The molecule has 3 heteroatoms. The standard InChI is InChI=1S/C17H32N2O/c1-12-5-6-15(18)14(11-12)16(20)19(4)13-7-9-17(2,3)10-8-13/h12-15H,5-11,18H2,1-4H3. The van der Waals surface area contributed by atoms with E-state index in [1.807, 2.05) is 11.9 Å². The first-order chi connectivity index (χ1) is 9.30. The van der Waals surface area contributed by atoms with Crippen LogP contribution in [-0.2, 0) is 4.79 Å². The number of hydrogen-bond acceptors (Lipinski definition) is 2. The molecule has 3 atom stereocenters. The molecule has 0 spiro atoms. The van der Waals surface area contributed by atoms with Crippen LogP contribution in [0.2, 0.25) is 0 Å². The quantitative estimate of drug-likeness (QED) is 0.844. The van der Waals surface area contributed by atoms with E-state index in [1.54, 1.807) is 0 Å². The number of rotatable bonds is 2. The van der Waals surface area contributed by atoms with Crippen LogP contribution >= 0.6 is 0 Å². The highest BCUT2D eigenvalue weighted by atomic mass is 16.2. The average Bonchev–Trinajstić information content (AvgIpc) is 2.40. The highest BCUT2D eigenvalue weighted by molar-refractivity contribution is 5.79. The second-order valence-corrected chi connectivity index (χ2v) is 8.03. The lowest BCUT2D eigenvalue weighted by atomic mass is 9.74. The predicted molar refractivity (Wildman–Crippen MR) is 83.3 cm³/mol. The van der Waals surface area contributed by atoms with Crippen LogP contribution in [-0.4, -0.2) is 29.9 Å². The summed E-state index contributed by atoms with van der Waals surface area (Å²) in [5, 5.41) is 0. The van der Waals surface area contributed by atoms with E-state index in [0.29, 0.717) is 23.3 Å². The maximum atomic E-state index is 12.8. The van der Waals surface area contributed by atoms with Gasteiger partial charge in [-0.25, -0.2) is 0 Å². The Kier molecular flexibility index (Phi) is 4.78. The largest absolute Gasteiger partial charge is 0.342 e. The Morgan fingerprint density at radius 3 is 2.35 bits per heavy atom. The van der Waals surface area contributed by atoms with Gasteiger partial charge in [0.2, 0.25) is 5.91 Å². The number of carbonyl (C=O) groups is 1. The van der Waals surface area contributed by atoms with Gasteiger partial charge in [-0.05, 0) is 56.3 Å². The molecule has 2 N–H and O–H groups in total. The molecule has 0 aliphatic heterocycles. The first kappa shape index (κ1) is 15.8. The number of carbonyl (C=O) groups excluding carboxylic acids is 1. The van der Waals surface area contributed by atoms with Crippen molar-refractivity contribution in [1.29, 1.82) is 0 Å². The summed E-state index contributed by atoms with van der Waals surface area (Å²) < 4.78 is 0. The number of amides is 1. The summed E-state index contributed by atoms with van der Waals surface area (Å²) in [5.74, 6) is 0.995. The molecule has 0 saturated heterocycles. The van der Waals surface area contributed by atoms with E-state index in [9.17, 15) is 4.79 Å². The van der Waals surface area contributed by atoms with E-state index < -0.39 is 0 Å². The van der Waals surface area contributed by atoms with Crippen molar-refractivity contribution in [3.8, 4) is 0 Å². The first-order valence-corrected chi connectivity index (χ1v) is 8.32. The molecule has 1 amide bonds. The summed E-state index contributed by atoms with van der Waals surface area (Å²) in [6, 6.07) is 0.501. The van der Waals surface area contributed by atoms with Crippen LogP contribution in [0.1, 0.15) is 65.7 Å². The molecule has 116 valence electrons. The van der Waals surface area contributed by atoms with E-state index in [4.69, 9.17) is 5.73 Å². The zero-order valence-corrected chi connectivity index (χ0v) is 13.7. The molecular formula is C17H32N2O. The minimum atomic E-state index is 0.0543. The van der Waals surface area contributed by atoms with Crippen LogP contribution in [0.4, 0.5) is 0 Å². The van der Waals surface area contributed by atoms with E-state index in [2.05, 4.69) is 20.8 Å². The van der Waals surface area contributed by atoms with Gasteiger partial charge in [0.25, 0.3) is 0 Å². The topological polar surface area (TPSA) is 46.3 Å². The molecule has 3 nitrogen and oxygen atoms in total. The van der Waals surface area contributed by atoms with Gasteiger partial charge < -0.3 is 10.6 Å². The molecule has 20 heavy (non-hydrogen) atoms. The van der Waals surface area contributed by atoms with Gasteiger partial charge in [-0.2, -0.15) is 0 Å². The van der Waals surface area contributed by atoms with Crippen molar-refractivity contribution in [2.24, 2.45) is 23.0 Å². The Morgan fingerprint density at radius 1 is 1.15 bits per heavy atom. The minimum Gasteiger partial charge on any atom is -0.342 e. The van der Waals surface area contributed by atoms with Gasteiger partial charge in [-0.15, -0.1) is 0 Å². The predicted octanol–water partition coefficient (Wildman–Crippen LogP) is 3.18. The molecule has 0 bridgehead atoms. The van der Waals surface area contributed by atoms with Gasteiger partial charge in [0.1, 0.15) is 0 Å². The van der Waals surface area contributed by atoms with Gasteiger partial charge in [0.15, 0.2) is 0 Å². The van der Waals surface area contributed by atoms with Gasteiger partial charge in [-0.1, -0.05) is 20.8 Å². The van der Waals surface area contributed by atoms with E-state index in [0.717, 1.165) is 25.7 Å². The van der Waals surface area contributed by atoms with Crippen LogP contribution in [0.5, 0.6) is 0 Å². The van der Waals surface area contributed by atoms with Crippen LogP contribution < -0.4 is 5.73 Å². The third-order valence-corrected chi connectivity index (χ3v) is 5.69. The van der Waals surface area contributed by atoms with Crippen molar-refractivity contribution < 1.29 is 4.79 Å². The molecule has 0 aromatic carbocycles.